The maximum Gasteiger partial charge on any atom is 0.408 e. The highest BCUT2D eigenvalue weighted by Gasteiger charge is 2.43. The van der Waals surface area contributed by atoms with E-state index in [9.17, 15) is 29.1 Å². The van der Waals surface area contributed by atoms with Gasteiger partial charge in [-0.15, -0.1) is 0 Å². The molecule has 2 atom stereocenters. The van der Waals surface area contributed by atoms with Gasteiger partial charge in [-0.05, 0) is 18.4 Å². The number of rotatable bonds is 14. The van der Waals surface area contributed by atoms with Crippen molar-refractivity contribution in [1.29, 1.82) is 0 Å². The van der Waals surface area contributed by atoms with Gasteiger partial charge in [0.15, 0.2) is 11.5 Å². The first-order valence-corrected chi connectivity index (χ1v) is 13.6. The van der Waals surface area contributed by atoms with Crippen LogP contribution in [0.5, 0.6) is 11.5 Å². The Morgan fingerprint density at radius 3 is 2.48 bits per heavy atom. The summed E-state index contributed by atoms with van der Waals surface area (Å²) in [6.45, 7) is 0.655. The number of fused-ring (bicyclic) bond motifs is 1. The van der Waals surface area contributed by atoms with Crippen molar-refractivity contribution in [3.8, 4) is 11.5 Å². The molecule has 0 bridgehead atoms. The van der Waals surface area contributed by atoms with Gasteiger partial charge in [-0.3, -0.25) is 9.59 Å². The number of amides is 5. The molecule has 16 nitrogen and oxygen atoms in total. The number of aromatic nitrogens is 2. The number of hydrazine groups is 1. The third kappa shape index (κ3) is 7.45. The number of imidazole rings is 1. The van der Waals surface area contributed by atoms with Gasteiger partial charge in [0.1, 0.15) is 18.7 Å². The Bertz CT molecular complexity index is 1490. The molecule has 16 heteroatoms. The van der Waals surface area contributed by atoms with Gasteiger partial charge in [0, 0.05) is 25.6 Å². The Morgan fingerprint density at radius 2 is 1.82 bits per heavy atom. The molecule has 0 spiro atoms. The van der Waals surface area contributed by atoms with Crippen molar-refractivity contribution >= 4 is 46.9 Å². The summed E-state index contributed by atoms with van der Waals surface area (Å²) >= 11 is 0. The highest BCUT2D eigenvalue weighted by atomic mass is 16.5. The van der Waals surface area contributed by atoms with Crippen LogP contribution in [0.2, 0.25) is 0 Å². The first kappa shape index (κ1) is 31.4. The van der Waals surface area contributed by atoms with Crippen LogP contribution in [0, 0.1) is 0 Å². The number of nitrogens with one attached hydrogen (secondary N) is 4. The first-order valence-electron chi connectivity index (χ1n) is 13.6. The van der Waals surface area contributed by atoms with Gasteiger partial charge in [-0.25, -0.2) is 24.4 Å². The number of imide groups is 1. The number of carbonyl (C=O) groups is 5. The number of ether oxygens (including phenoxy) is 3. The minimum Gasteiger partial charge on any atom is -0.493 e. The van der Waals surface area contributed by atoms with Gasteiger partial charge < -0.3 is 40.3 Å². The first-order chi connectivity index (χ1) is 21.1. The van der Waals surface area contributed by atoms with Crippen LogP contribution in [0.1, 0.15) is 25.3 Å². The largest absolute Gasteiger partial charge is 0.493 e. The lowest BCUT2D eigenvalue weighted by Crippen LogP contribution is -2.57. The van der Waals surface area contributed by atoms with Crippen molar-refractivity contribution in [2.75, 3.05) is 32.6 Å². The maximum atomic E-state index is 13.1. The number of H-pyrrole nitrogens is 1. The van der Waals surface area contributed by atoms with Gasteiger partial charge >= 0.3 is 18.1 Å². The summed E-state index contributed by atoms with van der Waals surface area (Å²) in [6, 6.07) is 8.70. The minimum absolute atomic E-state index is 0.112. The second-order valence-electron chi connectivity index (χ2n) is 9.73. The SMILES string of the molecule is COc1cc2nc(NCCC[C@@H]3NC(=O)N(N(C[C@H](NC(=O)OCc4ccccc4)C(=O)O)C(C)=O)C3=O)[nH]c2cc1OC. The number of aromatic amines is 1. The molecule has 44 heavy (non-hydrogen) atoms. The van der Waals surface area contributed by atoms with E-state index in [4.69, 9.17) is 14.2 Å². The van der Waals surface area contributed by atoms with E-state index in [-0.39, 0.29) is 13.0 Å². The van der Waals surface area contributed by atoms with E-state index in [1.54, 1.807) is 42.5 Å². The van der Waals surface area contributed by atoms with Crippen LogP contribution in [0.25, 0.3) is 11.0 Å². The highest BCUT2D eigenvalue weighted by molar-refractivity contribution is 6.05. The maximum absolute atomic E-state index is 13.1. The van der Waals surface area contributed by atoms with Gasteiger partial charge in [-0.2, -0.15) is 5.01 Å². The van der Waals surface area contributed by atoms with Crippen molar-refractivity contribution in [2.24, 2.45) is 0 Å². The number of hydrogen-bond acceptors (Lipinski definition) is 10. The normalized spacial score (nSPS) is 15.0. The number of carboxylic acid groups (broad SMARTS) is 1. The molecule has 1 aromatic heterocycles. The molecule has 2 heterocycles. The van der Waals surface area contributed by atoms with Gasteiger partial charge in [0.05, 0.1) is 31.8 Å². The van der Waals surface area contributed by atoms with Crippen molar-refractivity contribution in [3.05, 3.63) is 48.0 Å². The molecule has 5 amide bonds. The molecule has 0 unspecified atom stereocenters. The van der Waals surface area contributed by atoms with E-state index in [1.807, 2.05) is 0 Å². The summed E-state index contributed by atoms with van der Waals surface area (Å²) in [7, 11) is 3.06. The van der Waals surface area contributed by atoms with Crippen LogP contribution in [-0.4, -0.2) is 94.4 Å². The molecule has 1 aliphatic rings. The zero-order valence-electron chi connectivity index (χ0n) is 24.3. The van der Waals surface area contributed by atoms with Crippen LogP contribution in [0.3, 0.4) is 0 Å². The lowest BCUT2D eigenvalue weighted by molar-refractivity contribution is -0.156. The van der Waals surface area contributed by atoms with Crippen LogP contribution < -0.4 is 25.4 Å². The number of carboxylic acids is 1. The average Bonchev–Trinajstić information content (AvgIpc) is 3.53. The Kier molecular flexibility index (Phi) is 10.1. The van der Waals surface area contributed by atoms with Crippen LogP contribution >= 0.6 is 0 Å². The molecule has 1 aliphatic heterocycles. The fourth-order valence-electron chi connectivity index (χ4n) is 4.49. The smallest absolute Gasteiger partial charge is 0.408 e. The van der Waals surface area contributed by atoms with E-state index in [2.05, 4.69) is 25.9 Å². The Hall–Kier alpha value is -5.54. The quantitative estimate of drug-likeness (QED) is 0.131. The lowest BCUT2D eigenvalue weighted by Gasteiger charge is -2.30. The van der Waals surface area contributed by atoms with Crippen molar-refractivity contribution in [1.82, 2.24) is 30.6 Å². The molecule has 234 valence electrons. The molecule has 0 aliphatic carbocycles. The molecule has 2 aromatic carbocycles. The lowest BCUT2D eigenvalue weighted by atomic mass is 10.1. The number of nitrogens with zero attached hydrogens (tertiary/aromatic N) is 3. The predicted octanol–water partition coefficient (Wildman–Crippen LogP) is 1.84. The molecular formula is C28H33N7O9. The van der Waals surface area contributed by atoms with E-state index < -0.39 is 48.5 Å². The summed E-state index contributed by atoms with van der Waals surface area (Å²) in [6.07, 6.45) is -0.398. The number of carbonyl (C=O) groups excluding carboxylic acids is 4. The highest BCUT2D eigenvalue weighted by Crippen LogP contribution is 2.31. The minimum atomic E-state index is -1.67. The van der Waals surface area contributed by atoms with E-state index in [0.717, 1.165) is 12.4 Å². The molecular weight excluding hydrogens is 578 g/mol. The molecule has 0 radical (unpaired) electrons. The second kappa shape index (κ2) is 14.1. The van der Waals surface area contributed by atoms with Gasteiger partial charge in [0.2, 0.25) is 11.9 Å². The molecule has 1 fully saturated rings. The molecule has 3 aromatic rings. The number of methoxy groups -OCH3 is 2. The third-order valence-corrected chi connectivity index (χ3v) is 6.71. The molecule has 4 rings (SSSR count). The Balaban J connectivity index is 1.31. The fraction of sp³-hybridized carbons (Fsp3) is 0.357. The van der Waals surface area contributed by atoms with Crippen molar-refractivity contribution in [3.63, 3.8) is 0 Å². The van der Waals surface area contributed by atoms with E-state index in [0.29, 0.717) is 51.5 Å². The number of urea groups is 1. The van der Waals surface area contributed by atoms with Gasteiger partial charge in [0.25, 0.3) is 5.91 Å². The van der Waals surface area contributed by atoms with E-state index in [1.165, 1.54) is 14.2 Å². The predicted molar refractivity (Wildman–Crippen MR) is 155 cm³/mol. The van der Waals surface area contributed by atoms with E-state index >= 15 is 0 Å². The van der Waals surface area contributed by atoms with Crippen molar-refractivity contribution < 1.29 is 43.3 Å². The number of hydrogen-bond donors (Lipinski definition) is 5. The van der Waals surface area contributed by atoms with Crippen LogP contribution in [0.15, 0.2) is 42.5 Å². The van der Waals surface area contributed by atoms with Gasteiger partial charge in [-0.1, -0.05) is 30.3 Å². The zero-order chi connectivity index (χ0) is 31.8. The summed E-state index contributed by atoms with van der Waals surface area (Å²) in [4.78, 5) is 70.0. The topological polar surface area (TPSA) is 205 Å². The standard InChI is InChI=1S/C28H33N7O9/c1-16(36)34(14-21(25(38)39)33-28(41)44-15-17-8-5-4-6-9-17)35-24(37)18(32-27(35)40)10-7-11-29-26-30-19-12-22(42-2)23(43-3)13-20(19)31-26/h4-6,8-9,12-13,18,21H,7,10-11,14-15H2,1-3H3,(H,32,40)(H,33,41)(H,38,39)(H2,29,30,31)/t18-,21-/m0/s1. The van der Waals surface area contributed by atoms with Crippen LogP contribution in [0.4, 0.5) is 15.5 Å². The van der Waals surface area contributed by atoms with Crippen LogP contribution in [-0.2, 0) is 25.7 Å². The number of benzene rings is 2. The summed E-state index contributed by atoms with van der Waals surface area (Å²) in [5.41, 5.74) is 2.06. The summed E-state index contributed by atoms with van der Waals surface area (Å²) in [5, 5.41) is 18.7. The monoisotopic (exact) mass is 611 g/mol. The summed E-state index contributed by atoms with van der Waals surface area (Å²) < 4.78 is 15.7. The number of alkyl carbamates (subject to hydrolysis) is 1. The Morgan fingerprint density at radius 1 is 1.11 bits per heavy atom. The summed E-state index contributed by atoms with van der Waals surface area (Å²) in [5.74, 6) is -1.45. The molecule has 5 N–H and O–H groups in total. The molecule has 0 saturated carbocycles. The third-order valence-electron chi connectivity index (χ3n) is 6.71. The number of anilines is 1. The average molecular weight is 612 g/mol. The number of aliphatic carboxylic acids is 1. The van der Waals surface area contributed by atoms with Crippen molar-refractivity contribution in [2.45, 2.75) is 38.5 Å². The Labute approximate surface area is 251 Å². The second-order valence-corrected chi connectivity index (χ2v) is 9.73. The molecule has 1 saturated heterocycles. The fourth-order valence-corrected chi connectivity index (χ4v) is 4.49. The zero-order valence-corrected chi connectivity index (χ0v) is 24.3.